The average molecular weight is 255 g/mol. The standard InChI is InChI=1S/C16H17NO2/c17-15(11-13-7-3-1-4-8-13)12-19-16(18)14-9-5-2-6-10-14/h1-10,15H,11-12,17H2. The fourth-order valence-corrected chi connectivity index (χ4v) is 1.82. The molecule has 1 unspecified atom stereocenters. The van der Waals surface area contributed by atoms with Crippen LogP contribution in [0.4, 0.5) is 0 Å². The molecule has 0 saturated carbocycles. The number of esters is 1. The SMILES string of the molecule is NC(COC(=O)c1ccccc1)Cc1ccccc1. The highest BCUT2D eigenvalue weighted by Crippen LogP contribution is 2.04. The van der Waals surface area contributed by atoms with Crippen molar-refractivity contribution < 1.29 is 9.53 Å². The summed E-state index contributed by atoms with van der Waals surface area (Å²) in [6.07, 6.45) is 0.697. The van der Waals surface area contributed by atoms with Crippen molar-refractivity contribution in [3.05, 3.63) is 71.8 Å². The van der Waals surface area contributed by atoms with Crippen molar-refractivity contribution in [2.45, 2.75) is 12.5 Å². The number of carbonyl (C=O) groups is 1. The minimum absolute atomic E-state index is 0.185. The minimum atomic E-state index is -0.330. The first kappa shape index (κ1) is 13.3. The first-order valence-corrected chi connectivity index (χ1v) is 6.27. The molecule has 98 valence electrons. The average Bonchev–Trinajstić information content (AvgIpc) is 2.47. The van der Waals surface area contributed by atoms with Gasteiger partial charge >= 0.3 is 5.97 Å². The van der Waals surface area contributed by atoms with Crippen LogP contribution in [-0.4, -0.2) is 18.6 Å². The summed E-state index contributed by atoms with van der Waals surface area (Å²) in [5, 5.41) is 0. The van der Waals surface area contributed by atoms with E-state index in [1.807, 2.05) is 36.4 Å². The van der Waals surface area contributed by atoms with Crippen LogP contribution < -0.4 is 5.73 Å². The molecular formula is C16H17NO2. The summed E-state index contributed by atoms with van der Waals surface area (Å²) in [4.78, 5) is 11.7. The van der Waals surface area contributed by atoms with Gasteiger partial charge in [-0.1, -0.05) is 48.5 Å². The van der Waals surface area contributed by atoms with Gasteiger partial charge in [-0.15, -0.1) is 0 Å². The molecule has 3 heteroatoms. The van der Waals surface area contributed by atoms with Crippen LogP contribution in [0.25, 0.3) is 0 Å². The Balaban J connectivity index is 1.81. The van der Waals surface area contributed by atoms with E-state index < -0.39 is 0 Å². The van der Waals surface area contributed by atoms with Gasteiger partial charge in [-0.25, -0.2) is 4.79 Å². The molecule has 2 N–H and O–H groups in total. The largest absolute Gasteiger partial charge is 0.460 e. The lowest BCUT2D eigenvalue weighted by molar-refractivity contribution is 0.0481. The van der Waals surface area contributed by atoms with E-state index in [1.54, 1.807) is 24.3 Å². The second-order valence-electron chi connectivity index (χ2n) is 4.41. The fourth-order valence-electron chi connectivity index (χ4n) is 1.82. The van der Waals surface area contributed by atoms with E-state index in [2.05, 4.69) is 0 Å². The fraction of sp³-hybridized carbons (Fsp3) is 0.188. The maximum atomic E-state index is 11.7. The zero-order chi connectivity index (χ0) is 13.5. The molecule has 3 nitrogen and oxygen atoms in total. The summed E-state index contributed by atoms with van der Waals surface area (Å²) in [5.74, 6) is -0.330. The van der Waals surface area contributed by atoms with Gasteiger partial charge in [0.15, 0.2) is 0 Å². The number of rotatable bonds is 5. The predicted octanol–water partition coefficient (Wildman–Crippen LogP) is 2.41. The first-order chi connectivity index (χ1) is 9.25. The third-order valence-corrected chi connectivity index (χ3v) is 2.78. The lowest BCUT2D eigenvalue weighted by Gasteiger charge is -2.12. The molecule has 0 fully saturated rings. The maximum absolute atomic E-state index is 11.7. The van der Waals surface area contributed by atoms with E-state index in [4.69, 9.17) is 10.5 Å². The monoisotopic (exact) mass is 255 g/mol. The van der Waals surface area contributed by atoms with Gasteiger partial charge in [0.05, 0.1) is 5.56 Å². The normalized spacial score (nSPS) is 11.8. The maximum Gasteiger partial charge on any atom is 0.338 e. The van der Waals surface area contributed by atoms with Crippen LogP contribution in [0, 0.1) is 0 Å². The van der Waals surface area contributed by atoms with E-state index in [1.165, 1.54) is 0 Å². The molecule has 0 radical (unpaired) electrons. The molecule has 0 amide bonds. The number of hydrogen-bond acceptors (Lipinski definition) is 3. The molecule has 0 aliphatic carbocycles. The van der Waals surface area contributed by atoms with Crippen LogP contribution in [0.2, 0.25) is 0 Å². The van der Waals surface area contributed by atoms with Gasteiger partial charge in [-0.05, 0) is 24.1 Å². The van der Waals surface area contributed by atoms with Crippen molar-refractivity contribution in [3.8, 4) is 0 Å². The third-order valence-electron chi connectivity index (χ3n) is 2.78. The van der Waals surface area contributed by atoms with Crippen LogP contribution in [-0.2, 0) is 11.2 Å². The molecule has 0 aliphatic rings. The highest BCUT2D eigenvalue weighted by atomic mass is 16.5. The van der Waals surface area contributed by atoms with Gasteiger partial charge < -0.3 is 10.5 Å². The Morgan fingerprint density at radius 1 is 1.00 bits per heavy atom. The van der Waals surface area contributed by atoms with Crippen LogP contribution >= 0.6 is 0 Å². The number of benzene rings is 2. The van der Waals surface area contributed by atoms with Crippen molar-refractivity contribution in [2.24, 2.45) is 5.73 Å². The highest BCUT2D eigenvalue weighted by molar-refractivity contribution is 5.89. The van der Waals surface area contributed by atoms with E-state index >= 15 is 0 Å². The summed E-state index contributed by atoms with van der Waals surface area (Å²) in [5.41, 5.74) is 7.65. The molecule has 0 bridgehead atoms. The minimum Gasteiger partial charge on any atom is -0.460 e. The topological polar surface area (TPSA) is 52.3 Å². The molecule has 0 spiro atoms. The Bertz CT molecular complexity index is 511. The lowest BCUT2D eigenvalue weighted by Crippen LogP contribution is -2.30. The first-order valence-electron chi connectivity index (χ1n) is 6.27. The van der Waals surface area contributed by atoms with E-state index in [0.29, 0.717) is 12.0 Å². The smallest absolute Gasteiger partial charge is 0.338 e. The molecule has 19 heavy (non-hydrogen) atoms. The molecule has 2 aromatic rings. The molecule has 2 rings (SSSR count). The van der Waals surface area contributed by atoms with Gasteiger partial charge in [0.25, 0.3) is 0 Å². The number of ether oxygens (including phenoxy) is 1. The zero-order valence-electron chi connectivity index (χ0n) is 10.7. The van der Waals surface area contributed by atoms with Crippen molar-refractivity contribution >= 4 is 5.97 Å². The molecule has 0 heterocycles. The summed E-state index contributed by atoms with van der Waals surface area (Å²) >= 11 is 0. The van der Waals surface area contributed by atoms with Crippen LogP contribution in [0.3, 0.4) is 0 Å². The molecular weight excluding hydrogens is 238 g/mol. The summed E-state index contributed by atoms with van der Waals surface area (Å²) in [7, 11) is 0. The Morgan fingerprint density at radius 2 is 1.58 bits per heavy atom. The Labute approximate surface area is 113 Å². The van der Waals surface area contributed by atoms with Gasteiger partial charge in [-0.2, -0.15) is 0 Å². The summed E-state index contributed by atoms with van der Waals surface area (Å²) < 4.78 is 5.20. The molecule has 0 aromatic heterocycles. The number of hydrogen-bond donors (Lipinski definition) is 1. The van der Waals surface area contributed by atoms with Crippen LogP contribution in [0.15, 0.2) is 60.7 Å². The number of carbonyl (C=O) groups excluding carboxylic acids is 1. The van der Waals surface area contributed by atoms with E-state index in [0.717, 1.165) is 5.56 Å². The van der Waals surface area contributed by atoms with Crippen molar-refractivity contribution in [1.82, 2.24) is 0 Å². The van der Waals surface area contributed by atoms with Crippen molar-refractivity contribution in [3.63, 3.8) is 0 Å². The Hall–Kier alpha value is -2.13. The molecule has 0 aliphatic heterocycles. The molecule has 2 aromatic carbocycles. The van der Waals surface area contributed by atoms with Gasteiger partial charge in [-0.3, -0.25) is 0 Å². The lowest BCUT2D eigenvalue weighted by atomic mass is 10.1. The van der Waals surface area contributed by atoms with Gasteiger partial charge in [0.1, 0.15) is 6.61 Å². The summed E-state index contributed by atoms with van der Waals surface area (Å²) in [6, 6.07) is 18.7. The van der Waals surface area contributed by atoms with Crippen molar-refractivity contribution in [1.29, 1.82) is 0 Å². The Kier molecular flexibility index (Phi) is 4.70. The third kappa shape index (κ3) is 4.23. The quantitative estimate of drug-likeness (QED) is 0.835. The van der Waals surface area contributed by atoms with Gasteiger partial charge in [0, 0.05) is 6.04 Å². The Morgan fingerprint density at radius 3 is 2.21 bits per heavy atom. The van der Waals surface area contributed by atoms with E-state index in [9.17, 15) is 4.79 Å². The van der Waals surface area contributed by atoms with Gasteiger partial charge in [0.2, 0.25) is 0 Å². The highest BCUT2D eigenvalue weighted by Gasteiger charge is 2.10. The van der Waals surface area contributed by atoms with Crippen molar-refractivity contribution in [2.75, 3.05) is 6.61 Å². The summed E-state index contributed by atoms with van der Waals surface area (Å²) in [6.45, 7) is 0.225. The van der Waals surface area contributed by atoms with Crippen LogP contribution in [0.5, 0.6) is 0 Å². The predicted molar refractivity (Wildman–Crippen MR) is 74.8 cm³/mol. The molecule has 1 atom stereocenters. The second kappa shape index (κ2) is 6.71. The van der Waals surface area contributed by atoms with E-state index in [-0.39, 0.29) is 18.6 Å². The second-order valence-corrected chi connectivity index (χ2v) is 4.41. The molecule has 0 saturated heterocycles. The number of nitrogens with two attached hydrogens (primary N) is 1. The van der Waals surface area contributed by atoms with Crippen LogP contribution in [0.1, 0.15) is 15.9 Å². The zero-order valence-corrected chi connectivity index (χ0v) is 10.7.